The van der Waals surface area contributed by atoms with Crippen LogP contribution < -0.4 is 19.9 Å². The van der Waals surface area contributed by atoms with Crippen LogP contribution in [0, 0.1) is 6.92 Å². The van der Waals surface area contributed by atoms with Gasteiger partial charge in [0.15, 0.2) is 17.6 Å². The Hall–Kier alpha value is -3.39. The van der Waals surface area contributed by atoms with E-state index in [0.717, 1.165) is 22.4 Å². The van der Waals surface area contributed by atoms with Crippen molar-refractivity contribution < 1.29 is 19.5 Å². The number of benzene rings is 2. The Labute approximate surface area is 169 Å². The summed E-state index contributed by atoms with van der Waals surface area (Å²) in [7, 11) is 3.43. The molecule has 3 aromatic rings. The zero-order valence-corrected chi connectivity index (χ0v) is 16.8. The van der Waals surface area contributed by atoms with Crippen LogP contribution in [0.1, 0.15) is 19.2 Å². The number of amides is 1. The van der Waals surface area contributed by atoms with E-state index in [0.29, 0.717) is 23.7 Å². The van der Waals surface area contributed by atoms with Crippen molar-refractivity contribution in [3.05, 3.63) is 48.3 Å². The standard InChI is InChI=1S/C21H24N4O4/c1-5-17(21(26)24-27)29-19-12-14(10-11-18(19)28-4)25(3)20-15-8-6-7-9-16(15)22-13(2)23-20/h6-12,17,27H,5H2,1-4H3,(H,24,26). The third kappa shape index (κ3) is 4.22. The Morgan fingerprint density at radius 3 is 2.66 bits per heavy atom. The molecule has 1 aromatic heterocycles. The Morgan fingerprint density at radius 2 is 1.97 bits per heavy atom. The van der Waals surface area contributed by atoms with Gasteiger partial charge in [-0.15, -0.1) is 0 Å². The summed E-state index contributed by atoms with van der Waals surface area (Å²) in [6, 6.07) is 13.2. The number of para-hydroxylation sites is 1. The number of fused-ring (bicyclic) bond motifs is 1. The maximum atomic E-state index is 11.8. The number of methoxy groups -OCH3 is 1. The first-order valence-corrected chi connectivity index (χ1v) is 9.24. The molecular formula is C21H24N4O4. The summed E-state index contributed by atoms with van der Waals surface area (Å²) in [5, 5.41) is 9.85. The van der Waals surface area contributed by atoms with E-state index < -0.39 is 12.0 Å². The fourth-order valence-corrected chi connectivity index (χ4v) is 3.06. The van der Waals surface area contributed by atoms with Crippen molar-refractivity contribution in [1.29, 1.82) is 0 Å². The molecule has 0 spiro atoms. The highest BCUT2D eigenvalue weighted by Gasteiger charge is 2.21. The van der Waals surface area contributed by atoms with Gasteiger partial charge in [0.2, 0.25) is 0 Å². The highest BCUT2D eigenvalue weighted by molar-refractivity contribution is 5.91. The van der Waals surface area contributed by atoms with Crippen LogP contribution in [0.4, 0.5) is 11.5 Å². The highest BCUT2D eigenvalue weighted by atomic mass is 16.5. The van der Waals surface area contributed by atoms with Gasteiger partial charge in [-0.1, -0.05) is 19.1 Å². The summed E-state index contributed by atoms with van der Waals surface area (Å²) in [4.78, 5) is 22.8. The Morgan fingerprint density at radius 1 is 1.21 bits per heavy atom. The Bertz CT molecular complexity index is 1020. The Kier molecular flexibility index (Phi) is 6.13. The quantitative estimate of drug-likeness (QED) is 0.467. The minimum atomic E-state index is -0.850. The normalized spacial score (nSPS) is 11.8. The zero-order chi connectivity index (χ0) is 21.0. The number of nitrogens with zero attached hydrogens (tertiary/aromatic N) is 3. The topological polar surface area (TPSA) is 96.8 Å². The van der Waals surface area contributed by atoms with E-state index in [4.69, 9.17) is 14.7 Å². The molecule has 29 heavy (non-hydrogen) atoms. The van der Waals surface area contributed by atoms with Crippen LogP contribution in [-0.2, 0) is 4.79 Å². The predicted octanol–water partition coefficient (Wildman–Crippen LogP) is 3.38. The van der Waals surface area contributed by atoms with E-state index in [9.17, 15) is 4.79 Å². The SMILES string of the molecule is CCC(Oc1cc(N(C)c2nc(C)nc3ccccc23)ccc1OC)C(=O)NO. The summed E-state index contributed by atoms with van der Waals surface area (Å²) in [6.07, 6.45) is -0.470. The van der Waals surface area contributed by atoms with E-state index >= 15 is 0 Å². The van der Waals surface area contributed by atoms with Crippen LogP contribution in [0.3, 0.4) is 0 Å². The molecule has 0 saturated heterocycles. The average Bonchev–Trinajstić information content (AvgIpc) is 2.75. The molecule has 1 atom stereocenters. The number of carbonyl (C=O) groups excluding carboxylic acids is 1. The lowest BCUT2D eigenvalue weighted by molar-refractivity contribution is -0.136. The van der Waals surface area contributed by atoms with Crippen LogP contribution in [0.25, 0.3) is 10.9 Å². The van der Waals surface area contributed by atoms with Gasteiger partial charge in [-0.25, -0.2) is 15.4 Å². The van der Waals surface area contributed by atoms with Gasteiger partial charge in [0.1, 0.15) is 11.6 Å². The number of anilines is 2. The van der Waals surface area contributed by atoms with E-state index in [2.05, 4.69) is 9.97 Å². The third-order valence-electron chi connectivity index (χ3n) is 4.59. The molecule has 1 unspecified atom stereocenters. The van der Waals surface area contributed by atoms with Crippen molar-refractivity contribution in [1.82, 2.24) is 15.4 Å². The van der Waals surface area contributed by atoms with Gasteiger partial charge in [-0.05, 0) is 37.6 Å². The molecule has 0 fully saturated rings. The van der Waals surface area contributed by atoms with Crippen molar-refractivity contribution >= 4 is 28.3 Å². The summed E-state index contributed by atoms with van der Waals surface area (Å²) in [5.74, 6) is 1.67. The van der Waals surface area contributed by atoms with E-state index in [1.807, 2.05) is 49.2 Å². The zero-order valence-electron chi connectivity index (χ0n) is 16.8. The molecule has 0 bridgehead atoms. The minimum absolute atomic E-state index is 0.380. The fraction of sp³-hybridized carbons (Fsp3) is 0.286. The molecular weight excluding hydrogens is 372 g/mol. The van der Waals surface area contributed by atoms with Crippen LogP contribution >= 0.6 is 0 Å². The van der Waals surface area contributed by atoms with Gasteiger partial charge in [0, 0.05) is 24.2 Å². The summed E-state index contributed by atoms with van der Waals surface area (Å²) in [6.45, 7) is 3.64. The van der Waals surface area contributed by atoms with Gasteiger partial charge in [-0.3, -0.25) is 10.0 Å². The van der Waals surface area contributed by atoms with Gasteiger partial charge in [0.25, 0.3) is 5.91 Å². The van der Waals surface area contributed by atoms with E-state index in [-0.39, 0.29) is 0 Å². The monoisotopic (exact) mass is 396 g/mol. The van der Waals surface area contributed by atoms with Crippen molar-refractivity contribution in [3.8, 4) is 11.5 Å². The van der Waals surface area contributed by atoms with Crippen LogP contribution in [-0.4, -0.2) is 41.3 Å². The van der Waals surface area contributed by atoms with Crippen molar-refractivity contribution in [3.63, 3.8) is 0 Å². The molecule has 0 saturated carbocycles. The second-order valence-corrected chi connectivity index (χ2v) is 6.50. The van der Waals surface area contributed by atoms with E-state index in [1.54, 1.807) is 24.5 Å². The van der Waals surface area contributed by atoms with Gasteiger partial charge in [0.05, 0.1) is 12.6 Å². The largest absolute Gasteiger partial charge is 0.493 e. The molecule has 3 rings (SSSR count). The average molecular weight is 396 g/mol. The van der Waals surface area contributed by atoms with Crippen molar-refractivity contribution in [2.75, 3.05) is 19.1 Å². The first-order valence-electron chi connectivity index (χ1n) is 9.24. The van der Waals surface area contributed by atoms with Gasteiger partial charge < -0.3 is 14.4 Å². The van der Waals surface area contributed by atoms with Crippen LogP contribution in [0.5, 0.6) is 11.5 Å². The summed E-state index contributed by atoms with van der Waals surface area (Å²) in [5.41, 5.74) is 3.28. The van der Waals surface area contributed by atoms with Gasteiger partial charge >= 0.3 is 0 Å². The predicted molar refractivity (Wildman–Crippen MR) is 110 cm³/mol. The lowest BCUT2D eigenvalue weighted by atomic mass is 10.2. The maximum absolute atomic E-state index is 11.8. The molecule has 2 aromatic carbocycles. The molecule has 1 amide bonds. The molecule has 0 radical (unpaired) electrons. The molecule has 152 valence electrons. The van der Waals surface area contributed by atoms with Crippen LogP contribution in [0.2, 0.25) is 0 Å². The summed E-state index contributed by atoms with van der Waals surface area (Å²) < 4.78 is 11.2. The number of nitrogens with one attached hydrogen (secondary N) is 1. The molecule has 0 aliphatic carbocycles. The molecule has 1 heterocycles. The van der Waals surface area contributed by atoms with Gasteiger partial charge in [-0.2, -0.15) is 0 Å². The minimum Gasteiger partial charge on any atom is -0.493 e. The number of aromatic nitrogens is 2. The molecule has 2 N–H and O–H groups in total. The smallest absolute Gasteiger partial charge is 0.284 e. The molecule has 8 nitrogen and oxygen atoms in total. The highest BCUT2D eigenvalue weighted by Crippen LogP contribution is 2.36. The summed E-state index contributed by atoms with van der Waals surface area (Å²) >= 11 is 0. The number of hydrogen-bond acceptors (Lipinski definition) is 7. The number of hydroxylamine groups is 1. The molecule has 0 aliphatic rings. The number of carbonyl (C=O) groups is 1. The number of rotatable bonds is 7. The van der Waals surface area contributed by atoms with E-state index in [1.165, 1.54) is 7.11 Å². The number of aryl methyl sites for hydroxylation is 1. The lowest BCUT2D eigenvalue weighted by Gasteiger charge is -2.23. The second-order valence-electron chi connectivity index (χ2n) is 6.50. The molecule has 8 heteroatoms. The van der Waals surface area contributed by atoms with Crippen LogP contribution in [0.15, 0.2) is 42.5 Å². The number of ether oxygens (including phenoxy) is 2. The van der Waals surface area contributed by atoms with Crippen molar-refractivity contribution in [2.45, 2.75) is 26.4 Å². The first kappa shape index (κ1) is 20.3. The molecule has 0 aliphatic heterocycles. The lowest BCUT2D eigenvalue weighted by Crippen LogP contribution is -2.36. The Balaban J connectivity index is 2.02. The second kappa shape index (κ2) is 8.74. The first-order chi connectivity index (χ1) is 14.0. The fourth-order valence-electron chi connectivity index (χ4n) is 3.06. The number of hydrogen-bond donors (Lipinski definition) is 2. The maximum Gasteiger partial charge on any atom is 0.284 e. The van der Waals surface area contributed by atoms with Crippen molar-refractivity contribution in [2.24, 2.45) is 0 Å². The third-order valence-corrected chi connectivity index (χ3v) is 4.59.